The zero-order valence-corrected chi connectivity index (χ0v) is 15.1. The molecule has 3 aromatic rings. The highest BCUT2D eigenvalue weighted by molar-refractivity contribution is 5.53. The van der Waals surface area contributed by atoms with Crippen molar-refractivity contribution in [3.05, 3.63) is 60.3 Å². The molecular weight excluding hydrogens is 332 g/mol. The largest absolute Gasteiger partial charge is 0.493 e. The maximum atomic E-state index is 5.38. The summed E-state index contributed by atoms with van der Waals surface area (Å²) in [6.45, 7) is 1.37. The number of pyridine rings is 1. The number of benzene rings is 1. The first-order valence-electron chi connectivity index (χ1n) is 8.18. The van der Waals surface area contributed by atoms with Gasteiger partial charge in [0.05, 0.1) is 21.3 Å². The van der Waals surface area contributed by atoms with Crippen LogP contribution in [0.5, 0.6) is 17.2 Å². The molecule has 0 radical (unpaired) electrons. The summed E-state index contributed by atoms with van der Waals surface area (Å²) < 4.78 is 18.0. The van der Waals surface area contributed by atoms with E-state index in [1.807, 2.05) is 41.2 Å². The average Bonchev–Trinajstić information content (AvgIpc) is 3.22. The van der Waals surface area contributed by atoms with Crippen molar-refractivity contribution in [2.45, 2.75) is 13.1 Å². The van der Waals surface area contributed by atoms with Crippen LogP contribution < -0.4 is 19.5 Å². The van der Waals surface area contributed by atoms with Crippen molar-refractivity contribution in [1.29, 1.82) is 0 Å². The second-order valence-corrected chi connectivity index (χ2v) is 5.63. The summed E-state index contributed by atoms with van der Waals surface area (Å²) in [4.78, 5) is 8.48. The summed E-state index contributed by atoms with van der Waals surface area (Å²) in [5.41, 5.74) is 2.14. The number of nitrogens with zero attached hydrogens (tertiary/aromatic N) is 3. The van der Waals surface area contributed by atoms with Crippen LogP contribution in [0.1, 0.15) is 11.1 Å². The molecule has 0 aliphatic heterocycles. The number of imidazole rings is 1. The Kier molecular flexibility index (Phi) is 5.70. The number of aromatic nitrogens is 3. The lowest BCUT2D eigenvalue weighted by molar-refractivity contribution is 0.323. The molecule has 136 valence electrons. The molecule has 26 heavy (non-hydrogen) atoms. The number of nitrogens with one attached hydrogen (secondary N) is 1. The molecule has 0 spiro atoms. The molecule has 2 heterocycles. The maximum Gasteiger partial charge on any atom is 0.203 e. The van der Waals surface area contributed by atoms with E-state index < -0.39 is 0 Å². The summed E-state index contributed by atoms with van der Waals surface area (Å²) >= 11 is 0. The number of hydrogen-bond acceptors (Lipinski definition) is 6. The van der Waals surface area contributed by atoms with Crippen LogP contribution in [0.2, 0.25) is 0 Å². The first-order valence-corrected chi connectivity index (χ1v) is 8.18. The normalized spacial score (nSPS) is 10.6. The summed E-state index contributed by atoms with van der Waals surface area (Å²) in [5.74, 6) is 2.74. The third-order valence-corrected chi connectivity index (χ3v) is 3.96. The molecule has 7 nitrogen and oxygen atoms in total. The first-order chi connectivity index (χ1) is 12.7. The Labute approximate surface area is 152 Å². The smallest absolute Gasteiger partial charge is 0.203 e. The molecule has 0 fully saturated rings. The Bertz CT molecular complexity index is 807. The molecule has 7 heteroatoms. The van der Waals surface area contributed by atoms with Crippen molar-refractivity contribution in [3.63, 3.8) is 0 Å². The van der Waals surface area contributed by atoms with E-state index in [4.69, 9.17) is 14.2 Å². The Hall–Kier alpha value is -3.06. The summed E-state index contributed by atoms with van der Waals surface area (Å²) in [5, 5.41) is 3.40. The standard InChI is InChI=1S/C19H22N4O3/c1-24-16-8-15(9-17(25-2)19(16)26-3)11-21-10-14-4-5-18(22-12-14)23-7-6-20-13-23/h4-9,12-13,21H,10-11H2,1-3H3. The van der Waals surface area contributed by atoms with Crippen LogP contribution in [0.15, 0.2) is 49.2 Å². The van der Waals surface area contributed by atoms with Gasteiger partial charge in [-0.15, -0.1) is 0 Å². The van der Waals surface area contributed by atoms with Crippen LogP contribution >= 0.6 is 0 Å². The molecule has 0 bridgehead atoms. The zero-order valence-electron chi connectivity index (χ0n) is 15.1. The fraction of sp³-hybridized carbons (Fsp3) is 0.263. The lowest BCUT2D eigenvalue weighted by Crippen LogP contribution is -2.13. The number of hydrogen-bond donors (Lipinski definition) is 1. The van der Waals surface area contributed by atoms with Crippen molar-refractivity contribution in [1.82, 2.24) is 19.9 Å². The van der Waals surface area contributed by atoms with Crippen LogP contribution in [0, 0.1) is 0 Å². The predicted octanol–water partition coefficient (Wildman–Crippen LogP) is 2.58. The molecule has 0 aliphatic carbocycles. The molecule has 2 aromatic heterocycles. The van der Waals surface area contributed by atoms with Gasteiger partial charge in [0.1, 0.15) is 12.1 Å². The van der Waals surface area contributed by atoms with E-state index >= 15 is 0 Å². The predicted molar refractivity (Wildman–Crippen MR) is 98.0 cm³/mol. The molecule has 3 rings (SSSR count). The Morgan fingerprint density at radius 1 is 0.962 bits per heavy atom. The van der Waals surface area contributed by atoms with E-state index in [9.17, 15) is 0 Å². The molecule has 0 amide bonds. The van der Waals surface area contributed by atoms with Crippen LogP contribution in [0.4, 0.5) is 0 Å². The minimum Gasteiger partial charge on any atom is -0.493 e. The molecule has 0 aliphatic rings. The Morgan fingerprint density at radius 3 is 2.23 bits per heavy atom. The van der Waals surface area contributed by atoms with E-state index in [0.717, 1.165) is 16.9 Å². The van der Waals surface area contributed by atoms with Crippen molar-refractivity contribution >= 4 is 0 Å². The number of rotatable bonds is 8. The second kappa shape index (κ2) is 8.35. The van der Waals surface area contributed by atoms with Gasteiger partial charge in [-0.1, -0.05) is 6.07 Å². The van der Waals surface area contributed by atoms with Gasteiger partial charge in [-0.3, -0.25) is 4.57 Å². The van der Waals surface area contributed by atoms with E-state index in [2.05, 4.69) is 15.3 Å². The van der Waals surface area contributed by atoms with E-state index in [1.54, 1.807) is 33.9 Å². The molecule has 1 N–H and O–H groups in total. The van der Waals surface area contributed by atoms with Gasteiger partial charge in [-0.2, -0.15) is 0 Å². The summed E-state index contributed by atoms with van der Waals surface area (Å²) in [6, 6.07) is 7.89. The minimum absolute atomic E-state index is 0.595. The monoisotopic (exact) mass is 354 g/mol. The highest BCUT2D eigenvalue weighted by Gasteiger charge is 2.12. The van der Waals surface area contributed by atoms with E-state index in [0.29, 0.717) is 30.3 Å². The average molecular weight is 354 g/mol. The van der Waals surface area contributed by atoms with Gasteiger partial charge in [0.15, 0.2) is 11.5 Å². The van der Waals surface area contributed by atoms with Crippen molar-refractivity contribution < 1.29 is 14.2 Å². The highest BCUT2D eigenvalue weighted by Crippen LogP contribution is 2.38. The molecule has 0 saturated carbocycles. The summed E-state index contributed by atoms with van der Waals surface area (Å²) in [7, 11) is 4.82. The van der Waals surface area contributed by atoms with Gasteiger partial charge in [-0.05, 0) is 29.3 Å². The summed E-state index contributed by atoms with van der Waals surface area (Å²) in [6.07, 6.45) is 7.18. The quantitative estimate of drug-likeness (QED) is 0.670. The molecule has 0 unspecified atom stereocenters. The lowest BCUT2D eigenvalue weighted by Gasteiger charge is -2.14. The third kappa shape index (κ3) is 3.94. The molecule has 1 aromatic carbocycles. The van der Waals surface area contributed by atoms with Crippen LogP contribution in [-0.4, -0.2) is 35.9 Å². The van der Waals surface area contributed by atoms with Gasteiger partial charge in [-0.25, -0.2) is 9.97 Å². The lowest BCUT2D eigenvalue weighted by atomic mass is 10.1. The van der Waals surface area contributed by atoms with Crippen LogP contribution in [-0.2, 0) is 13.1 Å². The minimum atomic E-state index is 0.595. The fourth-order valence-electron chi connectivity index (χ4n) is 2.66. The molecule has 0 saturated heterocycles. The van der Waals surface area contributed by atoms with Gasteiger partial charge >= 0.3 is 0 Å². The van der Waals surface area contributed by atoms with Crippen molar-refractivity contribution in [2.24, 2.45) is 0 Å². The number of ether oxygens (including phenoxy) is 3. The van der Waals surface area contributed by atoms with Crippen LogP contribution in [0.3, 0.4) is 0 Å². The Balaban J connectivity index is 1.62. The van der Waals surface area contributed by atoms with E-state index in [-0.39, 0.29) is 0 Å². The fourth-order valence-corrected chi connectivity index (χ4v) is 2.66. The van der Waals surface area contributed by atoms with Gasteiger partial charge < -0.3 is 19.5 Å². The van der Waals surface area contributed by atoms with Crippen molar-refractivity contribution in [3.8, 4) is 23.1 Å². The van der Waals surface area contributed by atoms with Gasteiger partial charge in [0, 0.05) is 31.7 Å². The molecule has 0 atom stereocenters. The highest BCUT2D eigenvalue weighted by atomic mass is 16.5. The zero-order chi connectivity index (χ0) is 18.4. The topological polar surface area (TPSA) is 70.4 Å². The van der Waals surface area contributed by atoms with Crippen molar-refractivity contribution in [2.75, 3.05) is 21.3 Å². The van der Waals surface area contributed by atoms with Gasteiger partial charge in [0.25, 0.3) is 0 Å². The van der Waals surface area contributed by atoms with Crippen LogP contribution in [0.25, 0.3) is 5.82 Å². The third-order valence-electron chi connectivity index (χ3n) is 3.96. The van der Waals surface area contributed by atoms with E-state index in [1.165, 1.54) is 0 Å². The number of methoxy groups -OCH3 is 3. The maximum absolute atomic E-state index is 5.38. The SMILES string of the molecule is COc1cc(CNCc2ccc(-n3ccnc3)nc2)cc(OC)c1OC. The van der Waals surface area contributed by atoms with Gasteiger partial charge in [0.2, 0.25) is 5.75 Å². The Morgan fingerprint density at radius 2 is 1.69 bits per heavy atom. The second-order valence-electron chi connectivity index (χ2n) is 5.63. The first kappa shape index (κ1) is 17.8. The molecular formula is C19H22N4O3.